The van der Waals surface area contributed by atoms with Crippen molar-refractivity contribution in [1.82, 2.24) is 19.6 Å². The lowest BCUT2D eigenvalue weighted by atomic mass is 10.1. The molecular weight excluding hydrogens is 348 g/mol. The molecule has 6 fully saturated rings. The van der Waals surface area contributed by atoms with E-state index in [0.29, 0.717) is 12.6 Å². The Kier molecular flexibility index (Phi) is 3.45. The highest BCUT2D eigenvalue weighted by molar-refractivity contribution is 5.22. The zero-order valence-corrected chi connectivity index (χ0v) is 17.0. The van der Waals surface area contributed by atoms with Crippen molar-refractivity contribution in [2.45, 2.75) is 25.7 Å². The summed E-state index contributed by atoms with van der Waals surface area (Å²) in [4.78, 5) is 10.9. The van der Waals surface area contributed by atoms with Crippen LogP contribution in [0, 0.1) is 0 Å². The van der Waals surface area contributed by atoms with Crippen molar-refractivity contribution < 1.29 is 8.97 Å². The monoisotopic (exact) mass is 382 g/mol. The van der Waals surface area contributed by atoms with Crippen molar-refractivity contribution in [3.05, 3.63) is 35.4 Å². The Labute approximate surface area is 168 Å². The molecule has 150 valence electrons. The number of rotatable bonds is 4. The van der Waals surface area contributed by atoms with Crippen molar-refractivity contribution in [3.8, 4) is 0 Å². The first-order valence-corrected chi connectivity index (χ1v) is 11.5. The quantitative estimate of drug-likeness (QED) is 0.689. The highest BCUT2D eigenvalue weighted by Gasteiger charge is 2.58. The molecule has 6 heterocycles. The maximum Gasteiger partial charge on any atom is 0.206 e. The molecule has 0 radical (unpaired) electrons. The predicted molar refractivity (Wildman–Crippen MR) is 108 cm³/mol. The number of hydrogen-bond acceptors (Lipinski definition) is 4. The first-order chi connectivity index (χ1) is 13.7. The minimum Gasteiger partial charge on any atom is -0.289 e. The largest absolute Gasteiger partial charge is 0.289 e. The van der Waals surface area contributed by atoms with Crippen molar-refractivity contribution in [2.24, 2.45) is 0 Å². The summed E-state index contributed by atoms with van der Waals surface area (Å²) in [5, 5.41) is 0. The molecule has 6 heteroatoms. The van der Waals surface area contributed by atoms with E-state index in [1.807, 2.05) is 0 Å². The summed E-state index contributed by atoms with van der Waals surface area (Å²) in [7, 11) is 0. The maximum absolute atomic E-state index is 2.73. The van der Waals surface area contributed by atoms with Gasteiger partial charge in [0.2, 0.25) is 12.6 Å². The zero-order chi connectivity index (χ0) is 18.3. The van der Waals surface area contributed by atoms with Gasteiger partial charge in [0.05, 0.1) is 52.4 Å². The number of hydrogen-bond donors (Lipinski definition) is 0. The fourth-order valence-electron chi connectivity index (χ4n) is 7.68. The molecule has 0 saturated carbocycles. The third kappa shape index (κ3) is 2.19. The van der Waals surface area contributed by atoms with E-state index in [9.17, 15) is 0 Å². The highest BCUT2D eigenvalue weighted by Crippen LogP contribution is 2.39. The molecule has 0 amide bonds. The van der Waals surface area contributed by atoms with Gasteiger partial charge in [0.15, 0.2) is 0 Å². The summed E-state index contributed by atoms with van der Waals surface area (Å²) in [5.41, 5.74) is 3.10. The van der Waals surface area contributed by atoms with Gasteiger partial charge in [0.25, 0.3) is 0 Å². The fourth-order valence-corrected chi connectivity index (χ4v) is 7.68. The Morgan fingerprint density at radius 1 is 0.536 bits per heavy atom. The highest BCUT2D eigenvalue weighted by atomic mass is 15.7. The third-order valence-corrected chi connectivity index (χ3v) is 8.98. The van der Waals surface area contributed by atoms with Gasteiger partial charge in [-0.1, -0.05) is 24.3 Å². The molecule has 6 aliphatic heterocycles. The van der Waals surface area contributed by atoms with E-state index in [0.717, 1.165) is 0 Å². The van der Waals surface area contributed by atoms with Crippen molar-refractivity contribution in [3.63, 3.8) is 0 Å². The van der Waals surface area contributed by atoms with Crippen LogP contribution in [0.15, 0.2) is 24.3 Å². The van der Waals surface area contributed by atoms with Gasteiger partial charge in [-0.2, -0.15) is 0 Å². The van der Waals surface area contributed by atoms with Gasteiger partial charge in [0.1, 0.15) is 13.1 Å². The van der Waals surface area contributed by atoms with Crippen LogP contribution in [0.5, 0.6) is 0 Å². The number of quaternary nitrogens is 2. The van der Waals surface area contributed by atoms with Crippen LogP contribution in [0.4, 0.5) is 0 Å². The van der Waals surface area contributed by atoms with Gasteiger partial charge in [-0.05, 0) is 0 Å². The second-order valence-electron chi connectivity index (χ2n) is 10.3. The standard InChI is InChI=1S/C22H34N6/c1-2-20(18-28-15-11-25-7-8-26(12-16-28)22(25)28)4-3-19(1)17-27-13-9-23-5-6-24(10-14-27)21(23)27/h1-4,21-22H,5-18H2/q+2. The Morgan fingerprint density at radius 3 is 1.18 bits per heavy atom. The van der Waals surface area contributed by atoms with Crippen LogP contribution in [0.1, 0.15) is 11.1 Å². The molecule has 0 N–H and O–H groups in total. The summed E-state index contributed by atoms with van der Waals surface area (Å²) in [6.45, 7) is 18.2. The molecule has 28 heavy (non-hydrogen) atoms. The van der Waals surface area contributed by atoms with E-state index in [-0.39, 0.29) is 0 Å². The van der Waals surface area contributed by atoms with Crippen LogP contribution in [-0.4, -0.2) is 120 Å². The van der Waals surface area contributed by atoms with Crippen LogP contribution in [0.2, 0.25) is 0 Å². The fraction of sp³-hybridized carbons (Fsp3) is 0.727. The van der Waals surface area contributed by atoms with Gasteiger partial charge in [-0.15, -0.1) is 0 Å². The Hall–Kier alpha value is -1.02. The normalized spacial score (nSPS) is 42.7. The first-order valence-electron chi connectivity index (χ1n) is 11.5. The predicted octanol–water partition coefficient (Wildman–Crippen LogP) is 0.177. The van der Waals surface area contributed by atoms with Crippen LogP contribution in [0.25, 0.3) is 0 Å². The molecule has 0 aromatic heterocycles. The summed E-state index contributed by atoms with van der Waals surface area (Å²) in [6.07, 6.45) is 1.37. The maximum atomic E-state index is 2.73. The average Bonchev–Trinajstić information content (AvgIpc) is 3.49. The third-order valence-electron chi connectivity index (χ3n) is 8.98. The average molecular weight is 383 g/mol. The van der Waals surface area contributed by atoms with E-state index >= 15 is 0 Å². The van der Waals surface area contributed by atoms with Gasteiger partial charge in [0, 0.05) is 37.3 Å². The smallest absolute Gasteiger partial charge is 0.206 e. The van der Waals surface area contributed by atoms with Crippen molar-refractivity contribution in [2.75, 3.05) is 78.5 Å². The lowest BCUT2D eigenvalue weighted by molar-refractivity contribution is -0.949. The van der Waals surface area contributed by atoms with E-state index < -0.39 is 0 Å². The molecule has 6 saturated heterocycles. The molecule has 0 bridgehead atoms. The molecule has 6 nitrogen and oxygen atoms in total. The Morgan fingerprint density at radius 2 is 0.857 bits per heavy atom. The van der Waals surface area contributed by atoms with Crippen molar-refractivity contribution >= 4 is 0 Å². The van der Waals surface area contributed by atoms with Gasteiger partial charge in [-0.3, -0.25) is 8.97 Å². The molecule has 0 aliphatic carbocycles. The van der Waals surface area contributed by atoms with E-state index in [4.69, 9.17) is 0 Å². The molecular formula is C22H34N6+2. The Balaban J connectivity index is 1.09. The van der Waals surface area contributed by atoms with E-state index in [1.54, 1.807) is 11.1 Å². The molecule has 0 spiro atoms. The summed E-state index contributed by atoms with van der Waals surface area (Å²) in [5.74, 6) is 0. The van der Waals surface area contributed by atoms with Crippen LogP contribution >= 0.6 is 0 Å². The van der Waals surface area contributed by atoms with Crippen molar-refractivity contribution in [1.29, 1.82) is 0 Å². The summed E-state index contributed by atoms with van der Waals surface area (Å²) in [6, 6.07) is 9.82. The number of benzene rings is 1. The Bertz CT molecular complexity index is 681. The molecule has 0 atom stereocenters. The first kappa shape index (κ1) is 16.7. The lowest BCUT2D eigenvalue weighted by Gasteiger charge is -2.35. The minimum absolute atomic E-state index is 0.687. The molecule has 1 aromatic carbocycles. The lowest BCUT2D eigenvalue weighted by Crippen LogP contribution is -2.51. The second kappa shape index (κ2) is 5.78. The summed E-state index contributed by atoms with van der Waals surface area (Å²) < 4.78 is 2.59. The molecule has 6 aliphatic rings. The van der Waals surface area contributed by atoms with Crippen LogP contribution < -0.4 is 0 Å². The van der Waals surface area contributed by atoms with Gasteiger partial charge in [-0.25, -0.2) is 19.6 Å². The van der Waals surface area contributed by atoms with E-state index in [2.05, 4.69) is 43.9 Å². The number of nitrogens with zero attached hydrogens (tertiary/aromatic N) is 6. The topological polar surface area (TPSA) is 13.0 Å². The SMILES string of the molecule is c1cc(C[N+]23CCN4CCN(CC2)C43)ccc1C[N+]12CCN3CCN(CC1)C32. The summed E-state index contributed by atoms with van der Waals surface area (Å²) >= 11 is 0. The minimum atomic E-state index is 0.687. The van der Waals surface area contributed by atoms with Gasteiger partial charge >= 0.3 is 0 Å². The molecule has 7 rings (SSSR count). The zero-order valence-electron chi connectivity index (χ0n) is 17.0. The molecule has 0 unspecified atom stereocenters. The van der Waals surface area contributed by atoms with Crippen LogP contribution in [0.3, 0.4) is 0 Å². The van der Waals surface area contributed by atoms with E-state index in [1.165, 1.54) is 101 Å². The molecule has 1 aromatic rings. The van der Waals surface area contributed by atoms with Crippen LogP contribution in [-0.2, 0) is 13.1 Å². The second-order valence-corrected chi connectivity index (χ2v) is 10.3. The van der Waals surface area contributed by atoms with Gasteiger partial charge < -0.3 is 0 Å².